The van der Waals surface area contributed by atoms with E-state index in [0.29, 0.717) is 17.1 Å². The smallest absolute Gasteiger partial charge is 0.0304 e. The van der Waals surface area contributed by atoms with Crippen LogP contribution in [0.25, 0.3) is 0 Å². The van der Waals surface area contributed by atoms with Gasteiger partial charge in [0, 0.05) is 30.2 Å². The average Bonchev–Trinajstić information content (AvgIpc) is 2.86. The Morgan fingerprint density at radius 3 is 2.21 bits per heavy atom. The van der Waals surface area contributed by atoms with Gasteiger partial charge in [0.2, 0.25) is 0 Å². The van der Waals surface area contributed by atoms with E-state index in [0.717, 1.165) is 5.92 Å². The second-order valence-corrected chi connectivity index (χ2v) is 7.51. The van der Waals surface area contributed by atoms with Crippen LogP contribution in [-0.4, -0.2) is 35.1 Å². The minimum atomic E-state index is 0.358. The minimum Gasteiger partial charge on any atom is -0.308 e. The summed E-state index contributed by atoms with van der Waals surface area (Å²) in [5, 5.41) is 3.89. The molecule has 0 radical (unpaired) electrons. The van der Waals surface area contributed by atoms with Gasteiger partial charge >= 0.3 is 0 Å². The Hall–Kier alpha value is -0.0800. The van der Waals surface area contributed by atoms with Crippen molar-refractivity contribution in [3.63, 3.8) is 0 Å². The van der Waals surface area contributed by atoms with Crippen LogP contribution in [0.3, 0.4) is 0 Å². The van der Waals surface area contributed by atoms with Crippen LogP contribution in [0.2, 0.25) is 0 Å². The zero-order chi connectivity index (χ0) is 14.1. The molecular weight excluding hydrogens is 232 g/mol. The molecule has 1 aliphatic carbocycles. The standard InChI is InChI=1S/C17H34N2/c1-6-17(7-2)13-19(15(12-18-17)14(3)4)16(5)10-8-9-11-16/h14-15,18H,6-13H2,1-5H3. The summed E-state index contributed by atoms with van der Waals surface area (Å²) in [7, 11) is 0. The molecule has 1 aliphatic heterocycles. The van der Waals surface area contributed by atoms with Gasteiger partial charge in [-0.2, -0.15) is 0 Å². The lowest BCUT2D eigenvalue weighted by molar-refractivity contribution is -0.0258. The quantitative estimate of drug-likeness (QED) is 0.832. The molecule has 1 atom stereocenters. The largest absolute Gasteiger partial charge is 0.308 e. The maximum atomic E-state index is 3.89. The first-order valence-corrected chi connectivity index (χ1v) is 8.48. The van der Waals surface area contributed by atoms with Crippen molar-refractivity contribution in [2.75, 3.05) is 13.1 Å². The topological polar surface area (TPSA) is 15.3 Å². The molecular formula is C17H34N2. The van der Waals surface area contributed by atoms with Crippen LogP contribution < -0.4 is 5.32 Å². The van der Waals surface area contributed by atoms with Crippen molar-refractivity contribution < 1.29 is 0 Å². The Morgan fingerprint density at radius 1 is 1.16 bits per heavy atom. The third kappa shape index (κ3) is 2.85. The molecule has 2 heteroatoms. The van der Waals surface area contributed by atoms with Gasteiger partial charge in [-0.3, -0.25) is 4.90 Å². The highest BCUT2D eigenvalue weighted by Crippen LogP contribution is 2.40. The molecule has 0 aromatic carbocycles. The summed E-state index contributed by atoms with van der Waals surface area (Å²) >= 11 is 0. The van der Waals surface area contributed by atoms with E-state index >= 15 is 0 Å². The molecule has 1 saturated heterocycles. The fraction of sp³-hybridized carbons (Fsp3) is 1.00. The van der Waals surface area contributed by atoms with Crippen molar-refractivity contribution in [3.05, 3.63) is 0 Å². The molecule has 1 heterocycles. The molecule has 0 bridgehead atoms. The molecule has 1 unspecified atom stereocenters. The van der Waals surface area contributed by atoms with Crippen LogP contribution in [0.4, 0.5) is 0 Å². The fourth-order valence-corrected chi connectivity index (χ4v) is 4.26. The summed E-state index contributed by atoms with van der Waals surface area (Å²) in [6.45, 7) is 14.4. The molecule has 112 valence electrons. The van der Waals surface area contributed by atoms with Gasteiger partial charge in [-0.15, -0.1) is 0 Å². The van der Waals surface area contributed by atoms with Gasteiger partial charge in [-0.05, 0) is 38.5 Å². The molecule has 19 heavy (non-hydrogen) atoms. The Balaban J connectivity index is 2.22. The lowest BCUT2D eigenvalue weighted by atomic mass is 9.82. The number of hydrogen-bond acceptors (Lipinski definition) is 2. The van der Waals surface area contributed by atoms with E-state index in [9.17, 15) is 0 Å². The van der Waals surface area contributed by atoms with Crippen LogP contribution in [0.1, 0.15) is 73.1 Å². The number of nitrogens with one attached hydrogen (secondary N) is 1. The van der Waals surface area contributed by atoms with E-state index in [1.54, 1.807) is 0 Å². The van der Waals surface area contributed by atoms with Crippen LogP contribution in [-0.2, 0) is 0 Å². The third-order valence-corrected chi connectivity index (χ3v) is 6.06. The van der Waals surface area contributed by atoms with Gasteiger partial charge in [-0.25, -0.2) is 0 Å². The predicted molar refractivity (Wildman–Crippen MR) is 83.5 cm³/mol. The summed E-state index contributed by atoms with van der Waals surface area (Å²) in [5.41, 5.74) is 0.823. The second-order valence-electron chi connectivity index (χ2n) is 7.51. The highest BCUT2D eigenvalue weighted by molar-refractivity contribution is 5.04. The molecule has 0 aromatic heterocycles. The van der Waals surface area contributed by atoms with Crippen molar-refractivity contribution in [3.8, 4) is 0 Å². The first-order valence-electron chi connectivity index (χ1n) is 8.48. The average molecular weight is 266 g/mol. The Bertz CT molecular complexity index is 288. The fourth-order valence-electron chi connectivity index (χ4n) is 4.26. The van der Waals surface area contributed by atoms with Crippen molar-refractivity contribution in [2.45, 2.75) is 90.3 Å². The van der Waals surface area contributed by atoms with Crippen molar-refractivity contribution in [1.29, 1.82) is 0 Å². The zero-order valence-corrected chi connectivity index (χ0v) is 13.8. The van der Waals surface area contributed by atoms with E-state index in [4.69, 9.17) is 0 Å². The molecule has 0 amide bonds. The van der Waals surface area contributed by atoms with Crippen molar-refractivity contribution in [1.82, 2.24) is 10.2 Å². The molecule has 0 spiro atoms. The van der Waals surface area contributed by atoms with Crippen molar-refractivity contribution in [2.24, 2.45) is 5.92 Å². The van der Waals surface area contributed by atoms with Crippen LogP contribution in [0.15, 0.2) is 0 Å². The Morgan fingerprint density at radius 2 is 1.74 bits per heavy atom. The van der Waals surface area contributed by atoms with E-state index in [2.05, 4.69) is 44.8 Å². The normalized spacial score (nSPS) is 30.9. The van der Waals surface area contributed by atoms with E-state index in [1.807, 2.05) is 0 Å². The molecule has 1 N–H and O–H groups in total. The molecule has 0 aromatic rings. The highest BCUT2D eigenvalue weighted by atomic mass is 15.3. The van der Waals surface area contributed by atoms with Crippen molar-refractivity contribution >= 4 is 0 Å². The van der Waals surface area contributed by atoms with Crippen LogP contribution in [0, 0.1) is 5.92 Å². The highest BCUT2D eigenvalue weighted by Gasteiger charge is 2.46. The lowest BCUT2D eigenvalue weighted by Crippen LogP contribution is -2.69. The number of hydrogen-bond donors (Lipinski definition) is 1. The Labute approximate surface area is 120 Å². The molecule has 2 rings (SSSR count). The number of rotatable bonds is 4. The summed E-state index contributed by atoms with van der Waals surface area (Å²) in [6, 6.07) is 0.717. The number of nitrogens with zero attached hydrogens (tertiary/aromatic N) is 1. The molecule has 1 saturated carbocycles. The summed E-state index contributed by atoms with van der Waals surface area (Å²) in [4.78, 5) is 2.90. The molecule has 2 nitrogen and oxygen atoms in total. The maximum Gasteiger partial charge on any atom is 0.0304 e. The third-order valence-electron chi connectivity index (χ3n) is 6.06. The second kappa shape index (κ2) is 5.73. The first kappa shape index (κ1) is 15.3. The minimum absolute atomic E-state index is 0.358. The van der Waals surface area contributed by atoms with Crippen LogP contribution in [0.5, 0.6) is 0 Å². The maximum absolute atomic E-state index is 3.89. The van der Waals surface area contributed by atoms with Gasteiger partial charge in [0.25, 0.3) is 0 Å². The zero-order valence-electron chi connectivity index (χ0n) is 13.8. The Kier molecular flexibility index (Phi) is 4.62. The lowest BCUT2D eigenvalue weighted by Gasteiger charge is -2.55. The van der Waals surface area contributed by atoms with E-state index in [-0.39, 0.29) is 0 Å². The van der Waals surface area contributed by atoms with E-state index in [1.165, 1.54) is 51.6 Å². The van der Waals surface area contributed by atoms with Gasteiger partial charge in [0.05, 0.1) is 0 Å². The SMILES string of the molecule is CCC1(CC)CN(C2(C)CCCC2)C(C(C)C)CN1. The summed E-state index contributed by atoms with van der Waals surface area (Å²) in [5.74, 6) is 0.747. The first-order chi connectivity index (χ1) is 8.96. The van der Waals surface area contributed by atoms with Gasteiger partial charge < -0.3 is 5.32 Å². The summed E-state index contributed by atoms with van der Waals surface area (Å²) < 4.78 is 0. The van der Waals surface area contributed by atoms with Gasteiger partial charge in [-0.1, -0.05) is 40.5 Å². The molecule has 2 aliphatic rings. The molecule has 2 fully saturated rings. The van der Waals surface area contributed by atoms with Gasteiger partial charge in [0.1, 0.15) is 0 Å². The number of piperazine rings is 1. The monoisotopic (exact) mass is 266 g/mol. The van der Waals surface area contributed by atoms with E-state index < -0.39 is 0 Å². The summed E-state index contributed by atoms with van der Waals surface area (Å²) in [6.07, 6.45) is 8.16. The predicted octanol–water partition coefficient (Wildman–Crippen LogP) is 3.81. The van der Waals surface area contributed by atoms with Gasteiger partial charge in [0.15, 0.2) is 0 Å². The van der Waals surface area contributed by atoms with Crippen LogP contribution >= 0.6 is 0 Å².